The van der Waals surface area contributed by atoms with Crippen LogP contribution in [0.25, 0.3) is 0 Å². The van der Waals surface area contributed by atoms with E-state index in [-0.39, 0.29) is 6.04 Å². The maximum Gasteiger partial charge on any atom is 0.200 e. The molecule has 0 saturated carbocycles. The van der Waals surface area contributed by atoms with E-state index < -0.39 is 0 Å². The average molecular weight is 236 g/mol. The van der Waals surface area contributed by atoms with Crippen molar-refractivity contribution in [2.75, 3.05) is 5.32 Å². The lowest BCUT2D eigenvalue weighted by Crippen LogP contribution is -2.07. The Kier molecular flexibility index (Phi) is 3.24. The molecule has 2 aromatic heterocycles. The monoisotopic (exact) mass is 236 g/mol. The predicted octanol–water partition coefficient (Wildman–Crippen LogP) is 2.91. The fourth-order valence-electron chi connectivity index (χ4n) is 1.44. The minimum Gasteiger partial charge on any atom is -0.347 e. The zero-order valence-electron chi connectivity index (χ0n) is 9.74. The molecule has 2 aromatic rings. The van der Waals surface area contributed by atoms with Gasteiger partial charge in [-0.1, -0.05) is 6.92 Å². The van der Waals surface area contributed by atoms with Gasteiger partial charge in [0.2, 0.25) is 5.95 Å². The Morgan fingerprint density at radius 1 is 1.44 bits per heavy atom. The molecule has 0 aliphatic rings. The molecule has 1 unspecified atom stereocenters. The summed E-state index contributed by atoms with van der Waals surface area (Å²) in [7, 11) is 0. The molecule has 4 nitrogen and oxygen atoms in total. The summed E-state index contributed by atoms with van der Waals surface area (Å²) in [4.78, 5) is 13.1. The average Bonchev–Trinajstić information content (AvgIpc) is 2.87. The van der Waals surface area contributed by atoms with Crippen molar-refractivity contribution < 1.29 is 0 Å². The smallest absolute Gasteiger partial charge is 0.200 e. The molecule has 0 spiro atoms. The van der Waals surface area contributed by atoms with Crippen LogP contribution in [0.3, 0.4) is 0 Å². The highest BCUT2D eigenvalue weighted by Gasteiger charge is 2.10. The van der Waals surface area contributed by atoms with Crippen LogP contribution in [-0.2, 0) is 6.42 Å². The Balaban J connectivity index is 2.05. The summed E-state index contributed by atoms with van der Waals surface area (Å²) in [5.41, 5.74) is 1.06. The molecule has 16 heavy (non-hydrogen) atoms. The minimum absolute atomic E-state index is 0.191. The van der Waals surface area contributed by atoms with E-state index in [0.717, 1.165) is 23.1 Å². The summed E-state index contributed by atoms with van der Waals surface area (Å²) in [6.07, 6.45) is 4.81. The third kappa shape index (κ3) is 2.41. The molecule has 0 fully saturated rings. The van der Waals surface area contributed by atoms with Crippen molar-refractivity contribution in [3.63, 3.8) is 0 Å². The van der Waals surface area contributed by atoms with Crippen LogP contribution < -0.4 is 5.32 Å². The normalized spacial score (nSPS) is 12.7. The number of hydrogen-bond donors (Lipinski definition) is 2. The molecule has 0 saturated heterocycles. The second-order valence-corrected chi connectivity index (χ2v) is 4.95. The van der Waals surface area contributed by atoms with E-state index in [1.807, 2.05) is 19.3 Å². The molecule has 0 amide bonds. The Morgan fingerprint density at radius 3 is 2.81 bits per heavy atom. The van der Waals surface area contributed by atoms with E-state index in [4.69, 9.17) is 0 Å². The topological polar surface area (TPSA) is 53.6 Å². The van der Waals surface area contributed by atoms with Gasteiger partial charge >= 0.3 is 0 Å². The number of aryl methyl sites for hydroxylation is 2. The number of hydrogen-bond acceptors (Lipinski definition) is 4. The molecular weight excluding hydrogens is 220 g/mol. The van der Waals surface area contributed by atoms with Gasteiger partial charge in [0.1, 0.15) is 5.01 Å². The van der Waals surface area contributed by atoms with E-state index in [0.29, 0.717) is 0 Å². The number of nitrogens with zero attached hydrogens (tertiary/aromatic N) is 2. The van der Waals surface area contributed by atoms with Crippen molar-refractivity contribution in [2.24, 2.45) is 0 Å². The predicted molar refractivity (Wildman–Crippen MR) is 66.9 cm³/mol. The highest BCUT2D eigenvalue weighted by atomic mass is 32.1. The molecule has 0 aliphatic carbocycles. The van der Waals surface area contributed by atoms with Crippen LogP contribution in [0.2, 0.25) is 0 Å². The number of aromatic nitrogens is 3. The minimum atomic E-state index is 0.191. The molecule has 86 valence electrons. The van der Waals surface area contributed by atoms with Crippen molar-refractivity contribution in [3.8, 4) is 0 Å². The van der Waals surface area contributed by atoms with Gasteiger partial charge in [-0.05, 0) is 20.3 Å². The first-order valence-electron chi connectivity index (χ1n) is 5.41. The van der Waals surface area contributed by atoms with Crippen molar-refractivity contribution in [3.05, 3.63) is 28.0 Å². The molecular formula is C11H16N4S. The van der Waals surface area contributed by atoms with Gasteiger partial charge in [-0.25, -0.2) is 9.97 Å². The van der Waals surface area contributed by atoms with Crippen molar-refractivity contribution in [1.82, 2.24) is 15.0 Å². The summed E-state index contributed by atoms with van der Waals surface area (Å²) in [5.74, 6) is 0.804. The van der Waals surface area contributed by atoms with Crippen LogP contribution in [0.1, 0.15) is 35.5 Å². The van der Waals surface area contributed by atoms with Crippen molar-refractivity contribution in [2.45, 2.75) is 33.2 Å². The van der Waals surface area contributed by atoms with Crippen LogP contribution in [0.4, 0.5) is 5.95 Å². The molecule has 5 heteroatoms. The summed E-state index contributed by atoms with van der Waals surface area (Å²) < 4.78 is 0. The van der Waals surface area contributed by atoms with Gasteiger partial charge < -0.3 is 10.3 Å². The molecule has 0 aromatic carbocycles. The van der Waals surface area contributed by atoms with Crippen LogP contribution in [0, 0.1) is 6.92 Å². The lowest BCUT2D eigenvalue weighted by molar-refractivity contribution is 0.853. The molecule has 2 rings (SSSR count). The molecule has 0 radical (unpaired) electrons. The Morgan fingerprint density at radius 2 is 2.25 bits per heavy atom. The van der Waals surface area contributed by atoms with Gasteiger partial charge in [-0.3, -0.25) is 0 Å². The second kappa shape index (κ2) is 4.65. The molecule has 2 N–H and O–H groups in total. The number of rotatable bonds is 4. The molecule has 0 bridgehead atoms. The van der Waals surface area contributed by atoms with Crippen molar-refractivity contribution >= 4 is 17.3 Å². The molecule has 1 atom stereocenters. The third-order valence-electron chi connectivity index (χ3n) is 2.35. The largest absolute Gasteiger partial charge is 0.347 e. The number of thiazole rings is 1. The fourth-order valence-corrected chi connectivity index (χ4v) is 2.30. The maximum absolute atomic E-state index is 4.40. The lowest BCUT2D eigenvalue weighted by Gasteiger charge is -2.09. The Bertz CT molecular complexity index is 460. The number of nitrogens with one attached hydrogen (secondary N) is 2. The van der Waals surface area contributed by atoms with Gasteiger partial charge in [0, 0.05) is 23.0 Å². The van der Waals surface area contributed by atoms with Gasteiger partial charge in [-0.15, -0.1) is 11.3 Å². The van der Waals surface area contributed by atoms with Gasteiger partial charge in [-0.2, -0.15) is 0 Å². The van der Waals surface area contributed by atoms with E-state index in [1.54, 1.807) is 11.3 Å². The molecule has 0 aliphatic heterocycles. The van der Waals surface area contributed by atoms with Crippen LogP contribution in [0.5, 0.6) is 0 Å². The quantitative estimate of drug-likeness (QED) is 0.858. The Labute approximate surface area is 99.2 Å². The van der Waals surface area contributed by atoms with Crippen molar-refractivity contribution in [1.29, 1.82) is 0 Å². The summed E-state index contributed by atoms with van der Waals surface area (Å²) in [6, 6.07) is 0.191. The van der Waals surface area contributed by atoms with Crippen LogP contribution in [0.15, 0.2) is 12.4 Å². The van der Waals surface area contributed by atoms with Gasteiger partial charge in [0.25, 0.3) is 0 Å². The SMILES string of the molecule is CCc1cnc(C(C)Nc2ncc(C)[nH]2)s1. The van der Waals surface area contributed by atoms with Gasteiger partial charge in [0.05, 0.1) is 6.04 Å². The summed E-state index contributed by atoms with van der Waals surface area (Å²) >= 11 is 1.75. The maximum atomic E-state index is 4.40. The van der Waals surface area contributed by atoms with Crippen LogP contribution >= 0.6 is 11.3 Å². The first kappa shape index (κ1) is 11.1. The third-order valence-corrected chi connectivity index (χ3v) is 3.67. The van der Waals surface area contributed by atoms with E-state index in [2.05, 4.69) is 34.1 Å². The van der Waals surface area contributed by atoms with Crippen LogP contribution in [-0.4, -0.2) is 15.0 Å². The first-order chi connectivity index (χ1) is 7.69. The standard InChI is InChI=1S/C11H16N4S/c1-4-9-6-12-10(16-9)8(3)15-11-13-5-7(2)14-11/h5-6,8H,4H2,1-3H3,(H2,13,14,15). The lowest BCUT2D eigenvalue weighted by atomic mass is 10.3. The number of aromatic amines is 1. The van der Waals surface area contributed by atoms with E-state index >= 15 is 0 Å². The Hall–Kier alpha value is -1.36. The highest BCUT2D eigenvalue weighted by Crippen LogP contribution is 2.22. The number of anilines is 1. The number of H-pyrrole nitrogens is 1. The highest BCUT2D eigenvalue weighted by molar-refractivity contribution is 7.11. The molecule has 2 heterocycles. The first-order valence-corrected chi connectivity index (χ1v) is 6.23. The summed E-state index contributed by atoms with van der Waals surface area (Å²) in [5, 5.41) is 4.40. The van der Waals surface area contributed by atoms with Gasteiger partial charge in [0.15, 0.2) is 0 Å². The second-order valence-electron chi connectivity index (χ2n) is 3.80. The zero-order valence-corrected chi connectivity index (χ0v) is 10.6. The zero-order chi connectivity index (χ0) is 11.5. The van der Waals surface area contributed by atoms with E-state index in [1.165, 1.54) is 4.88 Å². The van der Waals surface area contributed by atoms with E-state index in [9.17, 15) is 0 Å². The fraction of sp³-hybridized carbons (Fsp3) is 0.455. The number of imidazole rings is 1. The summed E-state index contributed by atoms with van der Waals surface area (Å²) in [6.45, 7) is 6.23.